The molecule has 0 aliphatic carbocycles. The predicted molar refractivity (Wildman–Crippen MR) is 60.9 cm³/mol. The molecule has 1 aromatic heterocycles. The van der Waals surface area contributed by atoms with Crippen LogP contribution in [0.1, 0.15) is 22.8 Å². The van der Waals surface area contributed by atoms with E-state index in [4.69, 9.17) is 5.73 Å². The molecule has 0 aliphatic heterocycles. The predicted octanol–water partition coefficient (Wildman–Crippen LogP) is 2.07. The normalized spacial score (nSPS) is 10.8. The van der Waals surface area contributed by atoms with Gasteiger partial charge in [-0.1, -0.05) is 12.1 Å². The highest BCUT2D eigenvalue weighted by molar-refractivity contribution is 6.07. The van der Waals surface area contributed by atoms with Crippen LogP contribution >= 0.6 is 0 Å². The van der Waals surface area contributed by atoms with Crippen LogP contribution in [0, 0.1) is 6.92 Å². The van der Waals surface area contributed by atoms with Gasteiger partial charge in [0.05, 0.1) is 5.56 Å². The number of aromatic nitrogens is 1. The van der Waals surface area contributed by atoms with Crippen LogP contribution in [-0.4, -0.2) is 10.5 Å². The number of nitrogens with two attached hydrogens (primary N) is 1. The van der Waals surface area contributed by atoms with Gasteiger partial charge in [-0.05, 0) is 25.5 Å². The number of nitrogens with zero attached hydrogens (tertiary/aromatic N) is 1. The Balaban J connectivity index is 2.88. The Bertz CT molecular complexity index is 526. The summed E-state index contributed by atoms with van der Waals surface area (Å²) in [5.74, 6) is -0.360. The van der Waals surface area contributed by atoms with E-state index >= 15 is 0 Å². The topological polar surface area (TPSA) is 48.0 Å². The van der Waals surface area contributed by atoms with Crippen molar-refractivity contribution >= 4 is 16.8 Å². The Labute approximate surface area is 88.5 Å². The molecule has 0 aliphatic rings. The van der Waals surface area contributed by atoms with Gasteiger partial charge in [-0.15, -0.1) is 0 Å². The molecule has 1 aromatic carbocycles. The zero-order chi connectivity index (χ0) is 11.0. The molecule has 0 spiro atoms. The summed E-state index contributed by atoms with van der Waals surface area (Å²) in [6, 6.07) is 6.00. The maximum Gasteiger partial charge on any atom is 0.250 e. The third kappa shape index (κ3) is 1.40. The van der Waals surface area contributed by atoms with E-state index < -0.39 is 0 Å². The molecule has 2 aromatic rings. The lowest BCUT2D eigenvalue weighted by atomic mass is 10.1. The molecule has 2 N–H and O–H groups in total. The number of amides is 1. The number of benzene rings is 1. The SMILES string of the molecule is CCn1cc(C(N)=O)c2c(C)cccc21. The van der Waals surface area contributed by atoms with Crippen molar-refractivity contribution in [1.82, 2.24) is 4.57 Å². The quantitative estimate of drug-likeness (QED) is 0.796. The third-order valence-corrected chi connectivity index (χ3v) is 2.72. The zero-order valence-electron chi connectivity index (χ0n) is 8.95. The molecule has 15 heavy (non-hydrogen) atoms. The van der Waals surface area contributed by atoms with E-state index in [-0.39, 0.29) is 5.91 Å². The van der Waals surface area contributed by atoms with Crippen LogP contribution in [0.15, 0.2) is 24.4 Å². The van der Waals surface area contributed by atoms with Crippen LogP contribution in [0.4, 0.5) is 0 Å². The monoisotopic (exact) mass is 202 g/mol. The van der Waals surface area contributed by atoms with E-state index in [1.165, 1.54) is 0 Å². The molecule has 78 valence electrons. The van der Waals surface area contributed by atoms with Crippen LogP contribution < -0.4 is 5.73 Å². The maximum atomic E-state index is 11.3. The van der Waals surface area contributed by atoms with E-state index in [9.17, 15) is 4.79 Å². The van der Waals surface area contributed by atoms with Crippen LogP contribution in [-0.2, 0) is 6.54 Å². The number of aryl methyl sites for hydroxylation is 2. The molecule has 1 amide bonds. The van der Waals surface area contributed by atoms with Crippen molar-refractivity contribution in [3.05, 3.63) is 35.5 Å². The van der Waals surface area contributed by atoms with Crippen molar-refractivity contribution in [3.8, 4) is 0 Å². The molecule has 0 atom stereocenters. The summed E-state index contributed by atoms with van der Waals surface area (Å²) in [4.78, 5) is 11.3. The molecule has 0 radical (unpaired) electrons. The van der Waals surface area contributed by atoms with Gasteiger partial charge in [0, 0.05) is 23.6 Å². The van der Waals surface area contributed by atoms with Gasteiger partial charge < -0.3 is 10.3 Å². The molecule has 0 saturated heterocycles. The first-order valence-electron chi connectivity index (χ1n) is 5.03. The molecule has 3 heteroatoms. The standard InChI is InChI=1S/C12H14N2O/c1-3-14-7-9(12(13)15)11-8(2)5-4-6-10(11)14/h4-7H,3H2,1-2H3,(H2,13,15). The lowest BCUT2D eigenvalue weighted by Gasteiger charge is -2.01. The van der Waals surface area contributed by atoms with Crippen LogP contribution in [0.3, 0.4) is 0 Å². The molecular formula is C12H14N2O. The van der Waals surface area contributed by atoms with Crippen molar-refractivity contribution in [3.63, 3.8) is 0 Å². The molecule has 0 unspecified atom stereocenters. The summed E-state index contributed by atoms with van der Waals surface area (Å²) >= 11 is 0. The summed E-state index contributed by atoms with van der Waals surface area (Å²) in [5.41, 5.74) is 8.15. The first-order valence-corrected chi connectivity index (χ1v) is 5.03. The number of hydrogen-bond donors (Lipinski definition) is 1. The van der Waals surface area contributed by atoms with Crippen molar-refractivity contribution in [2.75, 3.05) is 0 Å². The van der Waals surface area contributed by atoms with Gasteiger partial charge in [-0.25, -0.2) is 0 Å². The van der Waals surface area contributed by atoms with Gasteiger partial charge in [0.15, 0.2) is 0 Å². The second-order valence-corrected chi connectivity index (χ2v) is 3.66. The average molecular weight is 202 g/mol. The highest BCUT2D eigenvalue weighted by Gasteiger charge is 2.13. The minimum absolute atomic E-state index is 0.360. The Morgan fingerprint density at radius 3 is 2.80 bits per heavy atom. The van der Waals surface area contributed by atoms with E-state index in [0.717, 1.165) is 23.0 Å². The summed E-state index contributed by atoms with van der Waals surface area (Å²) in [5, 5.41) is 0.979. The minimum atomic E-state index is -0.360. The largest absolute Gasteiger partial charge is 0.366 e. The van der Waals surface area contributed by atoms with Gasteiger partial charge in [0.25, 0.3) is 5.91 Å². The van der Waals surface area contributed by atoms with Gasteiger partial charge >= 0.3 is 0 Å². The summed E-state index contributed by atoms with van der Waals surface area (Å²) in [6.07, 6.45) is 1.83. The zero-order valence-corrected chi connectivity index (χ0v) is 8.95. The van der Waals surface area contributed by atoms with E-state index in [1.807, 2.05) is 42.8 Å². The Kier molecular flexibility index (Phi) is 2.23. The minimum Gasteiger partial charge on any atom is -0.366 e. The molecule has 1 heterocycles. The fourth-order valence-electron chi connectivity index (χ4n) is 1.98. The molecule has 0 fully saturated rings. The second kappa shape index (κ2) is 3.42. The highest BCUT2D eigenvalue weighted by Crippen LogP contribution is 2.24. The Hall–Kier alpha value is -1.77. The van der Waals surface area contributed by atoms with Crippen LogP contribution in [0.5, 0.6) is 0 Å². The fraction of sp³-hybridized carbons (Fsp3) is 0.250. The number of carbonyl (C=O) groups excluding carboxylic acids is 1. The lowest BCUT2D eigenvalue weighted by Crippen LogP contribution is -2.10. The molecule has 3 nitrogen and oxygen atoms in total. The molecule has 0 bridgehead atoms. The van der Waals surface area contributed by atoms with Gasteiger partial charge in [0.1, 0.15) is 0 Å². The lowest BCUT2D eigenvalue weighted by molar-refractivity contribution is 0.100. The number of hydrogen-bond acceptors (Lipinski definition) is 1. The summed E-state index contributed by atoms with van der Waals surface area (Å²) < 4.78 is 2.04. The van der Waals surface area contributed by atoms with Crippen molar-refractivity contribution in [1.29, 1.82) is 0 Å². The van der Waals surface area contributed by atoms with Crippen molar-refractivity contribution in [2.45, 2.75) is 20.4 Å². The van der Waals surface area contributed by atoms with E-state index in [2.05, 4.69) is 0 Å². The Morgan fingerprint density at radius 2 is 2.20 bits per heavy atom. The number of rotatable bonds is 2. The van der Waals surface area contributed by atoms with E-state index in [1.54, 1.807) is 0 Å². The van der Waals surface area contributed by atoms with Crippen LogP contribution in [0.2, 0.25) is 0 Å². The van der Waals surface area contributed by atoms with Crippen LogP contribution in [0.25, 0.3) is 10.9 Å². The fourth-order valence-corrected chi connectivity index (χ4v) is 1.98. The molecule has 2 rings (SSSR count). The summed E-state index contributed by atoms with van der Waals surface area (Å²) in [7, 11) is 0. The number of primary amides is 1. The van der Waals surface area contributed by atoms with Gasteiger partial charge in [-0.2, -0.15) is 0 Å². The van der Waals surface area contributed by atoms with Crippen molar-refractivity contribution < 1.29 is 4.79 Å². The Morgan fingerprint density at radius 1 is 1.47 bits per heavy atom. The first-order chi connectivity index (χ1) is 7.15. The first kappa shape index (κ1) is 9.77. The smallest absolute Gasteiger partial charge is 0.250 e. The molecule has 0 saturated carbocycles. The van der Waals surface area contributed by atoms with E-state index in [0.29, 0.717) is 5.56 Å². The average Bonchev–Trinajstić information content (AvgIpc) is 2.58. The second-order valence-electron chi connectivity index (χ2n) is 3.66. The van der Waals surface area contributed by atoms with Gasteiger partial charge in [-0.3, -0.25) is 4.79 Å². The highest BCUT2D eigenvalue weighted by atomic mass is 16.1. The number of fused-ring (bicyclic) bond motifs is 1. The maximum absolute atomic E-state index is 11.3. The number of carbonyl (C=O) groups is 1. The summed E-state index contributed by atoms with van der Waals surface area (Å²) in [6.45, 7) is 4.88. The molecular weight excluding hydrogens is 188 g/mol. The third-order valence-electron chi connectivity index (χ3n) is 2.72. The van der Waals surface area contributed by atoms with Gasteiger partial charge in [0.2, 0.25) is 0 Å². The van der Waals surface area contributed by atoms with Crippen molar-refractivity contribution in [2.24, 2.45) is 5.73 Å².